The lowest BCUT2D eigenvalue weighted by molar-refractivity contribution is -0.122. The molecule has 1 N–H and O–H groups in total. The van der Waals surface area contributed by atoms with Crippen LogP contribution in [0.25, 0.3) is 0 Å². The van der Waals surface area contributed by atoms with Gasteiger partial charge < -0.3 is 10.2 Å². The van der Waals surface area contributed by atoms with Crippen molar-refractivity contribution in [3.05, 3.63) is 0 Å². The number of amides is 1. The van der Waals surface area contributed by atoms with Crippen molar-refractivity contribution in [3.8, 4) is 0 Å². The number of nitrogens with one attached hydrogen (secondary N) is 1. The van der Waals surface area contributed by atoms with Crippen molar-refractivity contribution in [2.24, 2.45) is 11.8 Å². The maximum absolute atomic E-state index is 11.5. The first-order valence-electron chi connectivity index (χ1n) is 6.41. The third kappa shape index (κ3) is 3.21. The summed E-state index contributed by atoms with van der Waals surface area (Å²) >= 11 is 0. The van der Waals surface area contributed by atoms with Crippen molar-refractivity contribution >= 4 is 5.91 Å². The van der Waals surface area contributed by atoms with Gasteiger partial charge in [-0.05, 0) is 38.8 Å². The van der Waals surface area contributed by atoms with Crippen LogP contribution < -0.4 is 5.32 Å². The summed E-state index contributed by atoms with van der Waals surface area (Å²) in [5.74, 6) is 1.39. The molecule has 0 radical (unpaired) electrons. The zero-order chi connectivity index (χ0) is 12.3. The molecule has 0 aliphatic heterocycles. The van der Waals surface area contributed by atoms with Crippen LogP contribution >= 0.6 is 0 Å². The Morgan fingerprint density at radius 3 is 2.31 bits per heavy atom. The molecule has 3 heteroatoms. The zero-order valence-corrected chi connectivity index (χ0v) is 11.3. The first kappa shape index (κ1) is 13.5. The molecule has 1 saturated carbocycles. The Labute approximate surface area is 99.6 Å². The molecule has 0 bridgehead atoms. The van der Waals surface area contributed by atoms with E-state index in [-0.39, 0.29) is 5.91 Å². The highest BCUT2D eigenvalue weighted by Crippen LogP contribution is 2.35. The van der Waals surface area contributed by atoms with Crippen LogP contribution in [-0.4, -0.2) is 37.0 Å². The molecule has 0 saturated heterocycles. The van der Waals surface area contributed by atoms with Crippen LogP contribution in [0.3, 0.4) is 0 Å². The molecule has 1 aliphatic carbocycles. The van der Waals surface area contributed by atoms with E-state index in [0.29, 0.717) is 30.3 Å². The SMILES string of the molecule is CCC(=O)N[C@H](C(C)C)[C@H]1C[C@@H](N(C)C)C1. The number of carbonyl (C=O) groups is 1. The molecule has 0 heterocycles. The van der Waals surface area contributed by atoms with Crippen molar-refractivity contribution in [3.63, 3.8) is 0 Å². The zero-order valence-electron chi connectivity index (χ0n) is 11.3. The summed E-state index contributed by atoms with van der Waals surface area (Å²) in [6, 6.07) is 1.08. The van der Waals surface area contributed by atoms with Gasteiger partial charge in [-0.1, -0.05) is 20.8 Å². The summed E-state index contributed by atoms with van der Waals surface area (Å²) in [5, 5.41) is 3.17. The first-order chi connectivity index (χ1) is 7.45. The molecule has 0 aromatic rings. The standard InChI is InChI=1S/C13H26N2O/c1-6-12(16)14-13(9(2)3)10-7-11(8-10)15(4)5/h9-11,13H,6-8H2,1-5H3,(H,14,16)/t10-,11+,13-/m1/s1. The largest absolute Gasteiger partial charge is 0.353 e. The van der Waals surface area contributed by atoms with E-state index in [1.807, 2.05) is 6.92 Å². The van der Waals surface area contributed by atoms with Gasteiger partial charge in [-0.3, -0.25) is 4.79 Å². The molecule has 0 spiro atoms. The van der Waals surface area contributed by atoms with Gasteiger partial charge in [0.1, 0.15) is 0 Å². The quantitative estimate of drug-likeness (QED) is 0.776. The molecule has 0 aromatic heterocycles. The smallest absolute Gasteiger partial charge is 0.219 e. The van der Waals surface area contributed by atoms with Crippen LogP contribution in [-0.2, 0) is 4.79 Å². The van der Waals surface area contributed by atoms with Gasteiger partial charge in [0.2, 0.25) is 5.91 Å². The van der Waals surface area contributed by atoms with Crippen molar-refractivity contribution in [2.75, 3.05) is 14.1 Å². The van der Waals surface area contributed by atoms with Gasteiger partial charge in [-0.2, -0.15) is 0 Å². The predicted molar refractivity (Wildman–Crippen MR) is 67.3 cm³/mol. The third-order valence-electron chi connectivity index (χ3n) is 3.75. The van der Waals surface area contributed by atoms with E-state index in [4.69, 9.17) is 0 Å². The molecule has 1 rings (SSSR count). The number of nitrogens with zero attached hydrogens (tertiary/aromatic N) is 1. The molecular formula is C13H26N2O. The van der Waals surface area contributed by atoms with Crippen molar-refractivity contribution in [2.45, 2.75) is 52.1 Å². The summed E-state index contributed by atoms with van der Waals surface area (Å²) in [6.45, 7) is 6.31. The topological polar surface area (TPSA) is 32.3 Å². The van der Waals surface area contributed by atoms with Gasteiger partial charge in [0.05, 0.1) is 0 Å². The van der Waals surface area contributed by atoms with Gasteiger partial charge in [0.25, 0.3) is 0 Å². The Balaban J connectivity index is 2.44. The van der Waals surface area contributed by atoms with Crippen molar-refractivity contribution < 1.29 is 4.79 Å². The van der Waals surface area contributed by atoms with Crippen molar-refractivity contribution in [1.82, 2.24) is 10.2 Å². The number of hydrogen-bond acceptors (Lipinski definition) is 2. The summed E-state index contributed by atoms with van der Waals surface area (Å²) in [6.07, 6.45) is 3.03. The lowest BCUT2D eigenvalue weighted by Crippen LogP contribution is -2.52. The van der Waals surface area contributed by atoms with E-state index in [1.165, 1.54) is 12.8 Å². The first-order valence-corrected chi connectivity index (χ1v) is 6.41. The monoisotopic (exact) mass is 226 g/mol. The van der Waals surface area contributed by atoms with Gasteiger partial charge >= 0.3 is 0 Å². The minimum Gasteiger partial charge on any atom is -0.353 e. The normalized spacial score (nSPS) is 26.7. The van der Waals surface area contributed by atoms with Crippen LogP contribution in [0.4, 0.5) is 0 Å². The van der Waals surface area contributed by atoms with E-state index in [1.54, 1.807) is 0 Å². The van der Waals surface area contributed by atoms with Crippen LogP contribution in [0, 0.1) is 11.8 Å². The summed E-state index contributed by atoms with van der Waals surface area (Å²) in [7, 11) is 4.27. The Kier molecular flexibility index (Phi) is 4.78. The number of carbonyl (C=O) groups excluding carboxylic acids is 1. The molecule has 94 valence electrons. The number of rotatable bonds is 5. The van der Waals surface area contributed by atoms with Crippen molar-refractivity contribution in [1.29, 1.82) is 0 Å². The molecule has 16 heavy (non-hydrogen) atoms. The molecule has 3 nitrogen and oxygen atoms in total. The van der Waals surface area contributed by atoms with Gasteiger partial charge in [-0.15, -0.1) is 0 Å². The fourth-order valence-corrected chi connectivity index (χ4v) is 2.46. The molecule has 1 amide bonds. The highest BCUT2D eigenvalue weighted by atomic mass is 16.1. The summed E-state index contributed by atoms with van der Waals surface area (Å²) in [5.41, 5.74) is 0. The van der Waals surface area contributed by atoms with Gasteiger partial charge in [0, 0.05) is 18.5 Å². The second kappa shape index (κ2) is 5.67. The average molecular weight is 226 g/mol. The second-order valence-corrected chi connectivity index (χ2v) is 5.54. The van der Waals surface area contributed by atoms with E-state index in [9.17, 15) is 4.79 Å². The molecule has 0 unspecified atom stereocenters. The lowest BCUT2D eigenvalue weighted by Gasteiger charge is -2.45. The van der Waals surface area contributed by atoms with Crippen LogP contribution in [0.15, 0.2) is 0 Å². The van der Waals surface area contributed by atoms with E-state index in [0.717, 1.165) is 0 Å². The second-order valence-electron chi connectivity index (χ2n) is 5.54. The maximum Gasteiger partial charge on any atom is 0.219 e. The van der Waals surface area contributed by atoms with Gasteiger partial charge in [-0.25, -0.2) is 0 Å². The third-order valence-corrected chi connectivity index (χ3v) is 3.75. The van der Waals surface area contributed by atoms with E-state index >= 15 is 0 Å². The molecule has 1 aliphatic rings. The predicted octanol–water partition coefficient (Wildman–Crippen LogP) is 1.88. The van der Waals surface area contributed by atoms with Crippen LogP contribution in [0.2, 0.25) is 0 Å². The minimum absolute atomic E-state index is 0.187. The Bertz CT molecular complexity index is 232. The fraction of sp³-hybridized carbons (Fsp3) is 0.923. The lowest BCUT2D eigenvalue weighted by atomic mass is 9.72. The van der Waals surface area contributed by atoms with Crippen LogP contribution in [0.1, 0.15) is 40.0 Å². The summed E-state index contributed by atoms with van der Waals surface area (Å²) < 4.78 is 0. The summed E-state index contributed by atoms with van der Waals surface area (Å²) in [4.78, 5) is 13.8. The van der Waals surface area contributed by atoms with E-state index < -0.39 is 0 Å². The van der Waals surface area contributed by atoms with Gasteiger partial charge in [0.15, 0.2) is 0 Å². The maximum atomic E-state index is 11.5. The minimum atomic E-state index is 0.187. The average Bonchev–Trinajstić information content (AvgIpc) is 2.12. The molecule has 1 atom stereocenters. The number of hydrogen-bond donors (Lipinski definition) is 1. The highest BCUT2D eigenvalue weighted by molar-refractivity contribution is 5.75. The molecular weight excluding hydrogens is 200 g/mol. The molecule has 0 aromatic carbocycles. The van der Waals surface area contributed by atoms with E-state index in [2.05, 4.69) is 38.2 Å². The Morgan fingerprint density at radius 1 is 1.38 bits per heavy atom. The Hall–Kier alpha value is -0.570. The highest BCUT2D eigenvalue weighted by Gasteiger charge is 2.37. The Morgan fingerprint density at radius 2 is 1.94 bits per heavy atom. The molecule has 1 fully saturated rings. The van der Waals surface area contributed by atoms with Crippen LogP contribution in [0.5, 0.6) is 0 Å². The fourth-order valence-electron chi connectivity index (χ4n) is 2.46.